The first-order valence-electron chi connectivity index (χ1n) is 6.62. The molecule has 4 N–H and O–H groups in total. The molecular weight excluding hydrogens is 278 g/mol. The maximum Gasteiger partial charge on any atom is 0.228 e. The molecule has 1 atom stereocenters. The quantitative estimate of drug-likeness (QED) is 0.754. The van der Waals surface area contributed by atoms with E-state index in [1.165, 1.54) is 0 Å². The van der Waals surface area contributed by atoms with Crippen molar-refractivity contribution in [3.8, 4) is 0 Å². The molecule has 1 unspecified atom stereocenters. The van der Waals surface area contributed by atoms with Crippen LogP contribution in [0, 0.1) is 5.92 Å². The molecule has 0 saturated carbocycles. The van der Waals surface area contributed by atoms with Crippen LogP contribution in [0.1, 0.15) is 26.7 Å². The molecule has 2 amide bonds. The monoisotopic (exact) mass is 297 g/mol. The van der Waals surface area contributed by atoms with Gasteiger partial charge in [-0.15, -0.1) is 0 Å². The lowest BCUT2D eigenvalue weighted by atomic mass is 10.1. The average Bonchev–Trinajstić information content (AvgIpc) is 2.43. The topological polar surface area (TPSA) is 84.2 Å². The molecule has 0 heterocycles. The van der Waals surface area contributed by atoms with Gasteiger partial charge in [0.1, 0.15) is 0 Å². The highest BCUT2D eigenvalue weighted by Crippen LogP contribution is 2.26. The smallest absolute Gasteiger partial charge is 0.228 e. The molecule has 110 valence electrons. The number of nitrogens with two attached hydrogens (primary N) is 1. The second-order valence-corrected chi connectivity index (χ2v) is 4.83. The van der Waals surface area contributed by atoms with Crippen LogP contribution >= 0.6 is 11.6 Å². The number of benzene rings is 1. The molecule has 0 aromatic heterocycles. The molecule has 1 rings (SSSR count). The van der Waals surface area contributed by atoms with E-state index < -0.39 is 0 Å². The molecule has 0 aliphatic carbocycles. The first-order valence-corrected chi connectivity index (χ1v) is 6.99. The zero-order chi connectivity index (χ0) is 15.1. The number of hydrogen-bond acceptors (Lipinski definition) is 3. The molecule has 5 nitrogen and oxygen atoms in total. The van der Waals surface area contributed by atoms with Crippen molar-refractivity contribution in [2.75, 3.05) is 17.2 Å². The van der Waals surface area contributed by atoms with E-state index in [-0.39, 0.29) is 24.3 Å². The summed E-state index contributed by atoms with van der Waals surface area (Å²) in [5, 5.41) is 5.87. The van der Waals surface area contributed by atoms with Crippen molar-refractivity contribution in [2.24, 2.45) is 11.7 Å². The molecule has 0 radical (unpaired) electrons. The fraction of sp³-hybridized carbons (Fsp3) is 0.429. The highest BCUT2D eigenvalue weighted by Gasteiger charge is 2.16. The number of halogens is 1. The first kappa shape index (κ1) is 16.5. The van der Waals surface area contributed by atoms with Crippen LogP contribution in [0.25, 0.3) is 0 Å². The molecule has 6 heteroatoms. The number of hydrogen-bond donors (Lipinski definition) is 3. The van der Waals surface area contributed by atoms with Gasteiger partial charge in [-0.2, -0.15) is 0 Å². The zero-order valence-corrected chi connectivity index (χ0v) is 12.5. The van der Waals surface area contributed by atoms with Crippen molar-refractivity contribution in [2.45, 2.75) is 26.7 Å². The third kappa shape index (κ3) is 4.51. The minimum absolute atomic E-state index is 0.0991. The van der Waals surface area contributed by atoms with E-state index in [1.807, 2.05) is 6.92 Å². The van der Waals surface area contributed by atoms with E-state index >= 15 is 0 Å². The molecule has 0 aliphatic rings. The standard InChI is InChI=1S/C14H20ClN3O2/c1-3-9(8-16)14(20)18-12-7-10(5-6-11(12)15)17-13(19)4-2/h5-7,9H,3-4,8,16H2,1-2H3,(H,17,19)(H,18,20). The Kier molecular flexibility index (Phi) is 6.48. The number of amides is 2. The lowest BCUT2D eigenvalue weighted by Gasteiger charge is -2.14. The van der Waals surface area contributed by atoms with Crippen molar-refractivity contribution in [1.82, 2.24) is 0 Å². The summed E-state index contributed by atoms with van der Waals surface area (Å²) >= 11 is 6.04. The lowest BCUT2D eigenvalue weighted by molar-refractivity contribution is -0.119. The summed E-state index contributed by atoms with van der Waals surface area (Å²) in [4.78, 5) is 23.3. The molecule has 0 saturated heterocycles. The van der Waals surface area contributed by atoms with Gasteiger partial charge in [0.2, 0.25) is 11.8 Å². The Morgan fingerprint density at radius 2 is 2.00 bits per heavy atom. The summed E-state index contributed by atoms with van der Waals surface area (Å²) in [5.41, 5.74) is 6.60. The Labute approximate surface area is 123 Å². The average molecular weight is 298 g/mol. The SMILES string of the molecule is CCC(=O)Nc1ccc(Cl)c(NC(=O)C(CC)CN)c1. The van der Waals surface area contributed by atoms with E-state index in [2.05, 4.69) is 10.6 Å². The Morgan fingerprint density at radius 3 is 2.55 bits per heavy atom. The van der Waals surface area contributed by atoms with E-state index in [0.29, 0.717) is 29.2 Å². The summed E-state index contributed by atoms with van der Waals surface area (Å²) < 4.78 is 0. The van der Waals surface area contributed by atoms with Gasteiger partial charge in [-0.05, 0) is 24.6 Å². The minimum Gasteiger partial charge on any atom is -0.330 e. The van der Waals surface area contributed by atoms with Crippen molar-refractivity contribution in [3.63, 3.8) is 0 Å². The minimum atomic E-state index is -0.250. The van der Waals surface area contributed by atoms with Gasteiger partial charge in [0.15, 0.2) is 0 Å². The van der Waals surface area contributed by atoms with Gasteiger partial charge in [0.25, 0.3) is 0 Å². The van der Waals surface area contributed by atoms with E-state index in [0.717, 1.165) is 0 Å². The summed E-state index contributed by atoms with van der Waals surface area (Å²) in [6.07, 6.45) is 1.04. The Bertz CT molecular complexity index is 487. The highest BCUT2D eigenvalue weighted by atomic mass is 35.5. The number of nitrogens with one attached hydrogen (secondary N) is 2. The van der Waals surface area contributed by atoms with Crippen LogP contribution < -0.4 is 16.4 Å². The van der Waals surface area contributed by atoms with Crippen LogP contribution in [0.3, 0.4) is 0 Å². The van der Waals surface area contributed by atoms with Gasteiger partial charge in [-0.3, -0.25) is 9.59 Å². The molecule has 1 aromatic rings. The second-order valence-electron chi connectivity index (χ2n) is 4.43. The maximum atomic E-state index is 12.0. The predicted octanol–water partition coefficient (Wildman–Crippen LogP) is 2.61. The summed E-state index contributed by atoms with van der Waals surface area (Å²) in [7, 11) is 0. The van der Waals surface area contributed by atoms with Crippen LogP contribution in [-0.2, 0) is 9.59 Å². The third-order valence-electron chi connectivity index (χ3n) is 2.98. The second kappa shape index (κ2) is 7.87. The summed E-state index contributed by atoms with van der Waals surface area (Å²) in [6, 6.07) is 4.95. The van der Waals surface area contributed by atoms with Crippen LogP contribution in [0.2, 0.25) is 5.02 Å². The molecule has 0 spiro atoms. The van der Waals surface area contributed by atoms with Gasteiger partial charge in [0.05, 0.1) is 16.6 Å². The summed E-state index contributed by atoms with van der Waals surface area (Å²) in [5.74, 6) is -0.520. The largest absolute Gasteiger partial charge is 0.330 e. The first-order chi connectivity index (χ1) is 9.51. The third-order valence-corrected chi connectivity index (χ3v) is 3.31. The van der Waals surface area contributed by atoms with E-state index in [9.17, 15) is 9.59 Å². The number of rotatable bonds is 6. The molecule has 1 aromatic carbocycles. The highest BCUT2D eigenvalue weighted by molar-refractivity contribution is 6.33. The van der Waals surface area contributed by atoms with Crippen LogP contribution in [0.4, 0.5) is 11.4 Å². The zero-order valence-electron chi connectivity index (χ0n) is 11.7. The van der Waals surface area contributed by atoms with Crippen LogP contribution in [-0.4, -0.2) is 18.4 Å². The molecule has 0 fully saturated rings. The number of carbonyl (C=O) groups is 2. The number of anilines is 2. The van der Waals surface area contributed by atoms with Crippen molar-refractivity contribution in [3.05, 3.63) is 23.2 Å². The number of carbonyl (C=O) groups excluding carboxylic acids is 2. The summed E-state index contributed by atoms with van der Waals surface area (Å²) in [6.45, 7) is 3.95. The normalized spacial score (nSPS) is 11.8. The predicted molar refractivity (Wildman–Crippen MR) is 81.8 cm³/mol. The lowest BCUT2D eigenvalue weighted by Crippen LogP contribution is -2.28. The molecule has 20 heavy (non-hydrogen) atoms. The fourth-order valence-corrected chi connectivity index (χ4v) is 1.81. The van der Waals surface area contributed by atoms with E-state index in [4.69, 9.17) is 17.3 Å². The van der Waals surface area contributed by atoms with E-state index in [1.54, 1.807) is 25.1 Å². The van der Waals surface area contributed by atoms with Gasteiger partial charge in [0, 0.05) is 18.7 Å². The van der Waals surface area contributed by atoms with Crippen LogP contribution in [0.15, 0.2) is 18.2 Å². The van der Waals surface area contributed by atoms with Crippen molar-refractivity contribution < 1.29 is 9.59 Å². The van der Waals surface area contributed by atoms with Gasteiger partial charge >= 0.3 is 0 Å². The Hall–Kier alpha value is -1.59. The van der Waals surface area contributed by atoms with Crippen molar-refractivity contribution in [1.29, 1.82) is 0 Å². The Balaban J connectivity index is 2.86. The maximum absolute atomic E-state index is 12.0. The molecular formula is C14H20ClN3O2. The van der Waals surface area contributed by atoms with Gasteiger partial charge < -0.3 is 16.4 Å². The van der Waals surface area contributed by atoms with Crippen LogP contribution in [0.5, 0.6) is 0 Å². The van der Waals surface area contributed by atoms with Gasteiger partial charge in [-0.25, -0.2) is 0 Å². The Morgan fingerprint density at radius 1 is 1.30 bits per heavy atom. The van der Waals surface area contributed by atoms with Gasteiger partial charge in [-0.1, -0.05) is 25.4 Å². The molecule has 0 bridgehead atoms. The fourth-order valence-electron chi connectivity index (χ4n) is 1.64. The van der Waals surface area contributed by atoms with Crippen molar-refractivity contribution >= 4 is 34.8 Å². The molecule has 0 aliphatic heterocycles.